The van der Waals surface area contributed by atoms with E-state index < -0.39 is 0 Å². The molecule has 5 nitrogen and oxygen atoms in total. The molecule has 1 aliphatic heterocycles. The van der Waals surface area contributed by atoms with Gasteiger partial charge in [-0.3, -0.25) is 4.90 Å². The van der Waals surface area contributed by atoms with E-state index in [1.807, 2.05) is 12.1 Å². The van der Waals surface area contributed by atoms with Gasteiger partial charge in [0.2, 0.25) is 0 Å². The quantitative estimate of drug-likeness (QED) is 0.684. The number of nitrogens with zero attached hydrogens (tertiary/aromatic N) is 2. The SMILES string of the molecule is COc1ccc2c(CN3CCC[C@H]3c3cccn3C)cc(=O)oc2c1. The summed E-state index contributed by atoms with van der Waals surface area (Å²) in [6, 6.07) is 11.9. The first-order valence-corrected chi connectivity index (χ1v) is 8.62. The van der Waals surface area contributed by atoms with Gasteiger partial charge in [-0.2, -0.15) is 0 Å². The number of ether oxygens (including phenoxy) is 1. The van der Waals surface area contributed by atoms with Crippen LogP contribution in [0.4, 0.5) is 0 Å². The zero-order valence-corrected chi connectivity index (χ0v) is 14.6. The van der Waals surface area contributed by atoms with Gasteiger partial charge in [0.05, 0.1) is 13.2 Å². The Labute approximate surface area is 146 Å². The molecule has 1 atom stereocenters. The first-order chi connectivity index (χ1) is 12.2. The van der Waals surface area contributed by atoms with Crippen molar-refractivity contribution in [3.8, 4) is 5.75 Å². The van der Waals surface area contributed by atoms with Gasteiger partial charge in [-0.25, -0.2) is 4.79 Å². The summed E-state index contributed by atoms with van der Waals surface area (Å²) in [4.78, 5) is 14.5. The average molecular weight is 338 g/mol. The van der Waals surface area contributed by atoms with Crippen LogP contribution in [0.3, 0.4) is 0 Å². The van der Waals surface area contributed by atoms with Gasteiger partial charge in [-0.15, -0.1) is 0 Å². The fourth-order valence-corrected chi connectivity index (χ4v) is 3.86. The van der Waals surface area contributed by atoms with Crippen molar-refractivity contribution < 1.29 is 9.15 Å². The number of aryl methyl sites for hydroxylation is 1. The van der Waals surface area contributed by atoms with Gasteiger partial charge in [0.15, 0.2) is 0 Å². The number of benzene rings is 1. The summed E-state index contributed by atoms with van der Waals surface area (Å²) >= 11 is 0. The minimum Gasteiger partial charge on any atom is -0.497 e. The molecule has 3 aromatic rings. The largest absolute Gasteiger partial charge is 0.497 e. The third-order valence-electron chi connectivity index (χ3n) is 5.10. The molecule has 0 radical (unpaired) electrons. The van der Waals surface area contributed by atoms with Crippen molar-refractivity contribution in [1.29, 1.82) is 0 Å². The lowest BCUT2D eigenvalue weighted by atomic mass is 10.1. The fraction of sp³-hybridized carbons (Fsp3) is 0.350. The summed E-state index contributed by atoms with van der Waals surface area (Å²) in [5.41, 5.74) is 2.60. The zero-order chi connectivity index (χ0) is 17.4. The zero-order valence-electron chi connectivity index (χ0n) is 14.6. The highest BCUT2D eigenvalue weighted by Gasteiger charge is 2.28. The molecular weight excluding hydrogens is 316 g/mol. The molecule has 0 spiro atoms. The summed E-state index contributed by atoms with van der Waals surface area (Å²) in [6.45, 7) is 1.78. The first-order valence-electron chi connectivity index (χ1n) is 8.62. The van der Waals surface area contributed by atoms with Gasteiger partial charge in [0.25, 0.3) is 0 Å². The standard InChI is InChI=1S/C20H22N2O3/c1-21-9-3-5-17(21)18-6-4-10-22(18)13-14-11-20(23)25-19-12-15(24-2)7-8-16(14)19/h3,5,7-9,11-12,18H,4,6,10,13H2,1-2H3/t18-/m0/s1. The Hall–Kier alpha value is -2.53. The van der Waals surface area contributed by atoms with Gasteiger partial charge in [0.1, 0.15) is 11.3 Å². The van der Waals surface area contributed by atoms with E-state index >= 15 is 0 Å². The average Bonchev–Trinajstić information content (AvgIpc) is 3.22. The second-order valence-electron chi connectivity index (χ2n) is 6.63. The van der Waals surface area contributed by atoms with Crippen LogP contribution in [0.2, 0.25) is 0 Å². The van der Waals surface area contributed by atoms with Gasteiger partial charge in [0, 0.05) is 43.0 Å². The lowest BCUT2D eigenvalue weighted by Gasteiger charge is -2.25. The molecule has 1 fully saturated rings. The van der Waals surface area contributed by atoms with Gasteiger partial charge in [-0.1, -0.05) is 0 Å². The van der Waals surface area contributed by atoms with E-state index in [9.17, 15) is 4.79 Å². The topological polar surface area (TPSA) is 47.6 Å². The molecule has 1 aromatic carbocycles. The van der Waals surface area contributed by atoms with Crippen LogP contribution in [-0.2, 0) is 13.6 Å². The van der Waals surface area contributed by atoms with Crippen molar-refractivity contribution in [2.75, 3.05) is 13.7 Å². The van der Waals surface area contributed by atoms with Gasteiger partial charge < -0.3 is 13.7 Å². The second-order valence-corrected chi connectivity index (χ2v) is 6.63. The van der Waals surface area contributed by atoms with E-state index in [4.69, 9.17) is 9.15 Å². The number of hydrogen-bond donors (Lipinski definition) is 0. The lowest BCUT2D eigenvalue weighted by Crippen LogP contribution is -2.24. The molecule has 1 saturated heterocycles. The van der Waals surface area contributed by atoms with E-state index in [1.165, 1.54) is 12.1 Å². The van der Waals surface area contributed by atoms with E-state index in [0.717, 1.165) is 30.5 Å². The molecule has 0 aliphatic carbocycles. The van der Waals surface area contributed by atoms with Gasteiger partial charge >= 0.3 is 5.63 Å². The maximum Gasteiger partial charge on any atom is 0.336 e. The van der Waals surface area contributed by atoms with Crippen molar-refractivity contribution in [3.63, 3.8) is 0 Å². The van der Waals surface area contributed by atoms with Crippen LogP contribution in [0, 0.1) is 0 Å². The predicted octanol–water partition coefficient (Wildman–Crippen LogP) is 3.48. The second kappa shape index (κ2) is 6.41. The third-order valence-corrected chi connectivity index (χ3v) is 5.10. The molecule has 2 aromatic heterocycles. The summed E-state index contributed by atoms with van der Waals surface area (Å²) in [5.74, 6) is 0.690. The minimum absolute atomic E-state index is 0.314. The molecule has 5 heteroatoms. The molecule has 3 heterocycles. The molecule has 1 aliphatic rings. The number of rotatable bonds is 4. The van der Waals surface area contributed by atoms with Crippen LogP contribution in [0.25, 0.3) is 11.0 Å². The smallest absolute Gasteiger partial charge is 0.336 e. The predicted molar refractivity (Wildman–Crippen MR) is 96.8 cm³/mol. The van der Waals surface area contributed by atoms with Crippen LogP contribution < -0.4 is 10.4 Å². The van der Waals surface area contributed by atoms with E-state index in [1.54, 1.807) is 19.2 Å². The van der Waals surface area contributed by atoms with Crippen molar-refractivity contribution in [2.45, 2.75) is 25.4 Å². The molecule has 130 valence electrons. The minimum atomic E-state index is -0.314. The highest BCUT2D eigenvalue weighted by molar-refractivity contribution is 5.81. The normalized spacial score (nSPS) is 18.1. The van der Waals surface area contributed by atoms with Crippen molar-refractivity contribution >= 4 is 11.0 Å². The Morgan fingerprint density at radius 2 is 2.16 bits per heavy atom. The third kappa shape index (κ3) is 2.96. The maximum atomic E-state index is 12.0. The Bertz CT molecular complexity index is 957. The first kappa shape index (κ1) is 16.0. The Morgan fingerprint density at radius 3 is 2.92 bits per heavy atom. The number of aromatic nitrogens is 1. The highest BCUT2D eigenvalue weighted by Crippen LogP contribution is 2.34. The number of hydrogen-bond acceptors (Lipinski definition) is 4. The monoisotopic (exact) mass is 338 g/mol. The molecule has 0 N–H and O–H groups in total. The molecule has 0 bridgehead atoms. The number of fused-ring (bicyclic) bond motifs is 1. The Balaban J connectivity index is 1.70. The van der Waals surface area contributed by atoms with Crippen molar-refractivity contribution in [3.05, 3.63) is 64.3 Å². The number of likely N-dealkylation sites (tertiary alicyclic amines) is 1. The summed E-state index contributed by atoms with van der Waals surface area (Å²) in [5, 5.41) is 0.970. The highest BCUT2D eigenvalue weighted by atomic mass is 16.5. The van der Waals surface area contributed by atoms with E-state index in [2.05, 4.69) is 34.8 Å². The summed E-state index contributed by atoms with van der Waals surface area (Å²) < 4.78 is 12.8. The van der Waals surface area contributed by atoms with Crippen molar-refractivity contribution in [1.82, 2.24) is 9.47 Å². The molecule has 4 rings (SSSR count). The Morgan fingerprint density at radius 1 is 1.28 bits per heavy atom. The van der Waals surface area contributed by atoms with Crippen LogP contribution in [-0.4, -0.2) is 23.1 Å². The van der Waals surface area contributed by atoms with E-state index in [-0.39, 0.29) is 5.63 Å². The summed E-state index contributed by atoms with van der Waals surface area (Å²) in [6.07, 6.45) is 4.40. The molecule has 25 heavy (non-hydrogen) atoms. The van der Waals surface area contributed by atoms with Crippen molar-refractivity contribution in [2.24, 2.45) is 7.05 Å². The van der Waals surface area contributed by atoms with Crippen LogP contribution in [0.5, 0.6) is 5.75 Å². The molecule has 0 unspecified atom stereocenters. The summed E-state index contributed by atoms with van der Waals surface area (Å²) in [7, 11) is 3.70. The molecule has 0 saturated carbocycles. The Kier molecular flexibility index (Phi) is 4.09. The van der Waals surface area contributed by atoms with Crippen LogP contribution >= 0.6 is 0 Å². The fourth-order valence-electron chi connectivity index (χ4n) is 3.86. The van der Waals surface area contributed by atoms with E-state index in [0.29, 0.717) is 17.4 Å². The molecule has 0 amide bonds. The molecular formula is C20H22N2O3. The number of methoxy groups -OCH3 is 1. The van der Waals surface area contributed by atoms with Crippen LogP contribution in [0.1, 0.15) is 30.1 Å². The maximum absolute atomic E-state index is 12.0. The van der Waals surface area contributed by atoms with Crippen LogP contribution in [0.15, 0.2) is 51.8 Å². The lowest BCUT2D eigenvalue weighted by molar-refractivity contribution is 0.241. The van der Waals surface area contributed by atoms with Gasteiger partial charge in [-0.05, 0) is 49.2 Å².